The van der Waals surface area contributed by atoms with Gasteiger partial charge in [0.05, 0.1) is 37.4 Å². The zero-order chi connectivity index (χ0) is 47.7. The lowest BCUT2D eigenvalue weighted by molar-refractivity contribution is -0.145. The van der Waals surface area contributed by atoms with E-state index in [0.29, 0.717) is 17.1 Å². The minimum atomic E-state index is -1.46. The number of allylic oxidation sites excluding steroid dienone is 1. The summed E-state index contributed by atoms with van der Waals surface area (Å²) in [7, 11) is 1.53. The third kappa shape index (κ3) is 17.7. The van der Waals surface area contributed by atoms with Crippen molar-refractivity contribution in [1.82, 2.24) is 0 Å². The first-order valence-corrected chi connectivity index (χ1v) is 27.8. The number of rotatable bonds is 13. The number of carbonyl (C=O) groups excluding carboxylic acids is 1. The molecule has 5 unspecified atom stereocenters. The molecule has 7 nitrogen and oxygen atoms in total. The highest BCUT2D eigenvalue weighted by atomic mass is 79.9. The SMILES string of the molecule is CC(C(=O)O)C(c1cccc(F)c1)c1ccc(Br)s1.CC=C(OC)O[Si](C)(C)C.COC(=O)C(C)C(c1cccc(F)c1)c1ccc(Br)s1.OC(c1cccc(F)c1)c1ccc(Br)s1. The molecule has 0 aliphatic heterocycles. The molecule has 0 radical (unpaired) electrons. The van der Waals surface area contributed by atoms with Crippen LogP contribution in [0.3, 0.4) is 0 Å². The Labute approximate surface area is 411 Å². The van der Waals surface area contributed by atoms with Gasteiger partial charge in [0, 0.05) is 26.5 Å². The summed E-state index contributed by atoms with van der Waals surface area (Å²) in [4.78, 5) is 25.9. The van der Waals surface area contributed by atoms with Crippen molar-refractivity contribution in [3.63, 3.8) is 0 Å². The number of carboxylic acid groups (broad SMARTS) is 1. The van der Waals surface area contributed by atoms with Crippen molar-refractivity contribution in [2.24, 2.45) is 11.8 Å². The van der Waals surface area contributed by atoms with E-state index in [4.69, 9.17) is 13.9 Å². The van der Waals surface area contributed by atoms with Crippen LogP contribution in [0.1, 0.15) is 70.0 Å². The van der Waals surface area contributed by atoms with Gasteiger partial charge in [-0.2, -0.15) is 0 Å². The van der Waals surface area contributed by atoms with Crippen LogP contribution in [-0.4, -0.2) is 44.7 Å². The fourth-order valence-corrected chi connectivity index (χ4v) is 11.6. The molecule has 344 valence electrons. The molecule has 0 bridgehead atoms. The topological polar surface area (TPSA) is 102 Å². The summed E-state index contributed by atoms with van der Waals surface area (Å²) >= 11 is 14.6. The minimum absolute atomic E-state index is 0.213. The Morgan fingerprint density at radius 1 is 0.625 bits per heavy atom. The Balaban J connectivity index is 0.000000233. The van der Waals surface area contributed by atoms with E-state index >= 15 is 0 Å². The van der Waals surface area contributed by atoms with Crippen molar-refractivity contribution in [2.75, 3.05) is 14.2 Å². The van der Waals surface area contributed by atoms with Gasteiger partial charge in [0.15, 0.2) is 0 Å². The van der Waals surface area contributed by atoms with Crippen molar-refractivity contribution in [3.05, 3.63) is 181 Å². The monoisotopic (exact) mass is 1140 g/mol. The lowest BCUT2D eigenvalue weighted by atomic mass is 9.86. The second-order valence-corrected chi connectivity index (χ2v) is 26.8. The molecule has 0 spiro atoms. The second-order valence-electron chi connectivity index (χ2n) is 14.9. The van der Waals surface area contributed by atoms with Crippen LogP contribution in [-0.2, 0) is 23.5 Å². The molecule has 0 saturated heterocycles. The third-order valence-corrected chi connectivity index (χ3v) is 15.0. The molecule has 2 N–H and O–H groups in total. The molecule has 17 heteroatoms. The molecule has 0 aliphatic rings. The number of ether oxygens (including phenoxy) is 2. The average Bonchev–Trinajstić information content (AvgIpc) is 4.01. The summed E-state index contributed by atoms with van der Waals surface area (Å²) in [6, 6.07) is 29.8. The van der Waals surface area contributed by atoms with E-state index in [2.05, 4.69) is 67.4 Å². The van der Waals surface area contributed by atoms with Gasteiger partial charge in [-0.3, -0.25) is 9.59 Å². The normalized spacial score (nSPS) is 13.5. The van der Waals surface area contributed by atoms with E-state index in [1.165, 1.54) is 77.5 Å². The maximum Gasteiger partial charge on any atom is 0.309 e. The third-order valence-electron chi connectivity index (χ3n) is 9.05. The molecule has 6 rings (SSSR count). The maximum atomic E-state index is 13.5. The molecule has 5 atom stereocenters. The number of carbonyl (C=O) groups is 2. The Morgan fingerprint density at radius 2 is 1.02 bits per heavy atom. The van der Waals surface area contributed by atoms with E-state index < -0.39 is 26.3 Å². The maximum absolute atomic E-state index is 13.5. The number of methoxy groups -OCH3 is 2. The molecule has 0 fully saturated rings. The number of benzene rings is 3. The van der Waals surface area contributed by atoms with Gasteiger partial charge < -0.3 is 24.1 Å². The van der Waals surface area contributed by atoms with E-state index in [1.807, 2.05) is 55.5 Å². The zero-order valence-electron chi connectivity index (χ0n) is 36.3. The summed E-state index contributed by atoms with van der Waals surface area (Å²) in [5.41, 5.74) is 2.03. The molecule has 0 aliphatic carbocycles. The molecular weight excluding hydrogens is 1100 g/mol. The number of halogens is 6. The lowest BCUT2D eigenvalue weighted by Crippen LogP contribution is -2.25. The highest BCUT2D eigenvalue weighted by molar-refractivity contribution is 9.11. The minimum Gasteiger partial charge on any atom is -0.520 e. The summed E-state index contributed by atoms with van der Waals surface area (Å²) in [6.07, 6.45) is 1.08. The predicted molar refractivity (Wildman–Crippen MR) is 266 cm³/mol. The smallest absolute Gasteiger partial charge is 0.309 e. The lowest BCUT2D eigenvalue weighted by Gasteiger charge is -2.21. The predicted octanol–water partition coefficient (Wildman–Crippen LogP) is 15.2. The average molecular weight is 1150 g/mol. The first kappa shape index (κ1) is 54.8. The number of esters is 1. The first-order chi connectivity index (χ1) is 30.2. The van der Waals surface area contributed by atoms with Crippen LogP contribution < -0.4 is 0 Å². The Kier molecular flexibility index (Phi) is 22.7. The van der Waals surface area contributed by atoms with Gasteiger partial charge in [0.1, 0.15) is 23.6 Å². The summed E-state index contributed by atoms with van der Waals surface area (Å²) in [6.45, 7) is 11.7. The number of thiophene rings is 3. The van der Waals surface area contributed by atoms with Crippen LogP contribution in [0.4, 0.5) is 13.2 Å². The molecule has 64 heavy (non-hydrogen) atoms. The van der Waals surface area contributed by atoms with Crippen LogP contribution in [0.2, 0.25) is 19.6 Å². The quantitative estimate of drug-likeness (QED) is 0.0675. The van der Waals surface area contributed by atoms with Crippen molar-refractivity contribution >= 4 is 102 Å². The fourth-order valence-electron chi connectivity index (χ4n) is 6.09. The number of hydrogen-bond donors (Lipinski definition) is 2. The summed E-state index contributed by atoms with van der Waals surface area (Å²) in [5, 5.41) is 19.2. The van der Waals surface area contributed by atoms with Crippen molar-refractivity contribution in [3.8, 4) is 0 Å². The zero-order valence-corrected chi connectivity index (χ0v) is 44.5. The van der Waals surface area contributed by atoms with Crippen LogP contribution in [0.15, 0.2) is 133 Å². The molecule has 3 aromatic heterocycles. The van der Waals surface area contributed by atoms with Gasteiger partial charge in [-0.1, -0.05) is 50.2 Å². The van der Waals surface area contributed by atoms with Crippen LogP contribution in [0.5, 0.6) is 0 Å². The molecular formula is C47H50Br3F3O7S3Si. The van der Waals surface area contributed by atoms with Gasteiger partial charge in [-0.25, -0.2) is 13.2 Å². The summed E-state index contributed by atoms with van der Waals surface area (Å²) < 4.78 is 57.9. The number of aliphatic hydroxyl groups excluding tert-OH is 1. The number of aliphatic carboxylic acids is 1. The number of aliphatic hydroxyl groups is 1. The van der Waals surface area contributed by atoms with Crippen LogP contribution in [0.25, 0.3) is 0 Å². The van der Waals surface area contributed by atoms with E-state index in [9.17, 15) is 33.0 Å². The molecule has 6 aromatic rings. The van der Waals surface area contributed by atoms with E-state index in [0.717, 1.165) is 31.6 Å². The van der Waals surface area contributed by atoms with Gasteiger partial charge >= 0.3 is 11.9 Å². The van der Waals surface area contributed by atoms with E-state index in [1.54, 1.807) is 51.3 Å². The first-order valence-electron chi connectivity index (χ1n) is 19.6. The summed E-state index contributed by atoms with van der Waals surface area (Å²) in [5.74, 6) is -3.10. The number of carboxylic acids is 1. The number of hydrogen-bond acceptors (Lipinski definition) is 9. The second kappa shape index (κ2) is 26.6. The molecule has 3 heterocycles. The van der Waals surface area contributed by atoms with Gasteiger partial charge in [-0.15, -0.1) is 34.0 Å². The van der Waals surface area contributed by atoms with Gasteiger partial charge in [-0.05, 0) is 170 Å². The molecule has 0 saturated carbocycles. The van der Waals surface area contributed by atoms with Crippen LogP contribution >= 0.6 is 81.8 Å². The molecule has 0 amide bonds. The van der Waals surface area contributed by atoms with Crippen molar-refractivity contribution in [2.45, 2.75) is 58.4 Å². The van der Waals surface area contributed by atoms with Gasteiger partial charge in [0.2, 0.25) is 8.32 Å². The Morgan fingerprint density at radius 3 is 1.33 bits per heavy atom. The highest BCUT2D eigenvalue weighted by Gasteiger charge is 2.30. The van der Waals surface area contributed by atoms with Crippen LogP contribution in [0, 0.1) is 29.3 Å². The van der Waals surface area contributed by atoms with Crippen molar-refractivity contribution in [1.29, 1.82) is 0 Å². The van der Waals surface area contributed by atoms with Crippen molar-refractivity contribution < 1.29 is 46.9 Å². The fraction of sp³-hybridized carbons (Fsp3) is 0.277. The Hall–Kier alpha value is -3.55. The molecule has 3 aromatic carbocycles. The van der Waals surface area contributed by atoms with Gasteiger partial charge in [0.25, 0.3) is 5.95 Å². The highest BCUT2D eigenvalue weighted by Crippen LogP contribution is 2.40. The Bertz CT molecular complexity index is 2430. The standard InChI is InChI=1S/C15H14BrFO2S.C14H12BrFO2S.C11H8BrFOS.C7H16O2Si/c1-9(15(18)19-2)14(12-6-7-13(16)20-12)10-4-3-5-11(17)8-10;1-8(14(17)18)13(11-5-6-12(15)19-11)9-3-2-4-10(16)7-9;12-10-5-4-9(15-10)11(14)7-2-1-3-8(13)6-7;1-6-7(8-2)9-10(3,4)5/h3-9,14H,1-2H3;2-8,13H,1H3,(H,17,18);1-6,11,14H;6H,1-5H3. The van der Waals surface area contributed by atoms with E-state index in [-0.39, 0.29) is 41.2 Å². The largest absolute Gasteiger partial charge is 0.520 e.